The Kier molecular flexibility index (Phi) is 7.00. The van der Waals surface area contributed by atoms with Crippen molar-refractivity contribution >= 4 is 23.3 Å². The van der Waals surface area contributed by atoms with E-state index in [0.717, 1.165) is 23.3 Å². The Bertz CT molecular complexity index is 1320. The highest BCUT2D eigenvalue weighted by Gasteiger charge is 2.35. The fourth-order valence-electron chi connectivity index (χ4n) is 3.82. The van der Waals surface area contributed by atoms with Crippen LogP contribution in [-0.2, 0) is 9.53 Å². The molecule has 36 heavy (non-hydrogen) atoms. The Labute approximate surface area is 206 Å². The number of methoxy groups -OCH3 is 2. The highest BCUT2D eigenvalue weighted by molar-refractivity contribution is 6.03. The van der Waals surface area contributed by atoms with Gasteiger partial charge in [-0.3, -0.25) is 14.9 Å². The molecule has 0 saturated carbocycles. The van der Waals surface area contributed by atoms with E-state index in [1.165, 1.54) is 25.5 Å². The quantitative estimate of drug-likeness (QED) is 0.261. The van der Waals surface area contributed by atoms with Crippen molar-refractivity contribution in [3.8, 4) is 11.5 Å². The van der Waals surface area contributed by atoms with Gasteiger partial charge in [-0.05, 0) is 24.6 Å². The molecule has 0 saturated heterocycles. The third-order valence-electron chi connectivity index (χ3n) is 5.67. The van der Waals surface area contributed by atoms with Gasteiger partial charge in [0.05, 0.1) is 37.2 Å². The zero-order chi connectivity index (χ0) is 25.8. The van der Waals surface area contributed by atoms with E-state index in [9.17, 15) is 19.7 Å². The molecular weight excluding hydrogens is 470 g/mol. The summed E-state index contributed by atoms with van der Waals surface area (Å²) in [7, 11) is 2.64. The average molecular weight is 493 g/mol. The lowest BCUT2D eigenvalue weighted by Crippen LogP contribution is -2.31. The smallest absolute Gasteiger partial charge is 0.345 e. The van der Waals surface area contributed by atoms with Gasteiger partial charge in [-0.15, -0.1) is 0 Å². The lowest BCUT2D eigenvalue weighted by Gasteiger charge is -2.19. The van der Waals surface area contributed by atoms with Gasteiger partial charge in [-0.2, -0.15) is 5.10 Å². The van der Waals surface area contributed by atoms with Gasteiger partial charge >= 0.3 is 5.97 Å². The van der Waals surface area contributed by atoms with Crippen LogP contribution < -0.4 is 9.47 Å². The van der Waals surface area contributed by atoms with Gasteiger partial charge in [0.1, 0.15) is 17.4 Å². The molecule has 0 radical (unpaired) electrons. The summed E-state index contributed by atoms with van der Waals surface area (Å²) < 4.78 is 20.9. The molecule has 1 aromatic heterocycles. The predicted octanol–water partition coefficient (Wildman–Crippen LogP) is 4.05. The maximum atomic E-state index is 13.1. The van der Waals surface area contributed by atoms with E-state index in [2.05, 4.69) is 5.10 Å². The molecule has 3 aromatic rings. The molecule has 0 unspecified atom stereocenters. The molecule has 4 rings (SSSR count). The number of furan rings is 1. The van der Waals surface area contributed by atoms with Crippen molar-refractivity contribution in [2.24, 2.45) is 5.10 Å². The van der Waals surface area contributed by atoms with Crippen molar-refractivity contribution in [3.63, 3.8) is 0 Å². The molecule has 186 valence electrons. The van der Waals surface area contributed by atoms with E-state index in [4.69, 9.17) is 18.6 Å². The number of rotatable bonds is 8. The van der Waals surface area contributed by atoms with Crippen molar-refractivity contribution in [1.82, 2.24) is 5.01 Å². The topological polar surface area (TPSA) is 134 Å². The number of nitro benzene ring substituents is 1. The zero-order valence-corrected chi connectivity index (χ0v) is 19.8. The van der Waals surface area contributed by atoms with Crippen LogP contribution in [0.1, 0.15) is 39.7 Å². The Morgan fingerprint density at radius 3 is 2.44 bits per heavy atom. The van der Waals surface area contributed by atoms with Gasteiger partial charge in [0.2, 0.25) is 0 Å². The van der Waals surface area contributed by atoms with E-state index in [1.54, 1.807) is 12.1 Å². The molecular formula is C25H23N3O8. The molecule has 2 heterocycles. The standard InChI is InChI=1S/C25H23N3O8/c1-15-6-8-16(9-7-15)18-12-20(21-5-4-10-35-21)27(26-18)24(29)14-36-25(30)17-11-22(33-2)23(34-3)13-19(17)28(31)32/h4-11,13,20H,12,14H2,1-3H3/t20-/m1/s1. The van der Waals surface area contributed by atoms with Gasteiger partial charge in [0, 0.05) is 12.5 Å². The normalized spacial score (nSPS) is 14.8. The van der Waals surface area contributed by atoms with Gasteiger partial charge in [0.15, 0.2) is 18.1 Å². The number of benzene rings is 2. The Morgan fingerprint density at radius 2 is 1.83 bits per heavy atom. The van der Waals surface area contributed by atoms with Crippen LogP contribution in [0.2, 0.25) is 0 Å². The first-order chi connectivity index (χ1) is 17.3. The molecule has 0 spiro atoms. The van der Waals surface area contributed by atoms with E-state index < -0.39 is 35.1 Å². The lowest BCUT2D eigenvalue weighted by molar-refractivity contribution is -0.385. The highest BCUT2D eigenvalue weighted by atomic mass is 16.6. The number of hydrogen-bond donors (Lipinski definition) is 0. The summed E-state index contributed by atoms with van der Waals surface area (Å²) in [6, 6.07) is 12.8. The van der Waals surface area contributed by atoms with Crippen molar-refractivity contribution in [3.05, 3.63) is 87.4 Å². The maximum Gasteiger partial charge on any atom is 0.345 e. The number of hydrogen-bond acceptors (Lipinski definition) is 9. The first-order valence-electron chi connectivity index (χ1n) is 10.9. The molecule has 1 amide bonds. The number of nitrogens with zero attached hydrogens (tertiary/aromatic N) is 3. The summed E-state index contributed by atoms with van der Waals surface area (Å²) in [5.41, 5.74) is 1.69. The minimum atomic E-state index is -1.06. The van der Waals surface area contributed by atoms with E-state index in [0.29, 0.717) is 17.9 Å². The largest absolute Gasteiger partial charge is 0.493 e. The van der Waals surface area contributed by atoms with E-state index >= 15 is 0 Å². The van der Waals surface area contributed by atoms with Crippen molar-refractivity contribution in [2.45, 2.75) is 19.4 Å². The van der Waals surface area contributed by atoms with Crippen LogP contribution in [0.5, 0.6) is 11.5 Å². The predicted molar refractivity (Wildman–Crippen MR) is 127 cm³/mol. The Balaban J connectivity index is 1.56. The molecule has 2 aromatic carbocycles. The van der Waals surface area contributed by atoms with Crippen molar-refractivity contribution in [2.75, 3.05) is 20.8 Å². The molecule has 11 nitrogen and oxygen atoms in total. The number of carbonyl (C=O) groups excluding carboxylic acids is 2. The second-order valence-corrected chi connectivity index (χ2v) is 7.94. The molecule has 1 aliphatic rings. The van der Waals surface area contributed by atoms with Crippen molar-refractivity contribution < 1.29 is 33.1 Å². The fourth-order valence-corrected chi connectivity index (χ4v) is 3.82. The molecule has 1 atom stereocenters. The number of carbonyl (C=O) groups is 2. The number of esters is 1. The third-order valence-corrected chi connectivity index (χ3v) is 5.67. The zero-order valence-electron chi connectivity index (χ0n) is 19.8. The summed E-state index contributed by atoms with van der Waals surface area (Å²) in [6.07, 6.45) is 1.90. The van der Waals surface area contributed by atoms with Gasteiger partial charge in [-0.25, -0.2) is 9.80 Å². The molecule has 1 aliphatic heterocycles. The lowest BCUT2D eigenvalue weighted by atomic mass is 10.0. The molecule has 0 fully saturated rings. The maximum absolute atomic E-state index is 13.1. The van der Waals surface area contributed by atoms with Gasteiger partial charge in [0.25, 0.3) is 11.6 Å². The number of aryl methyl sites for hydroxylation is 1. The fraction of sp³-hybridized carbons (Fsp3) is 0.240. The van der Waals surface area contributed by atoms with Crippen molar-refractivity contribution in [1.29, 1.82) is 0 Å². The van der Waals surface area contributed by atoms with Crippen LogP contribution in [0, 0.1) is 17.0 Å². The average Bonchev–Trinajstić information content (AvgIpc) is 3.57. The molecule has 0 aliphatic carbocycles. The van der Waals surface area contributed by atoms with Crippen LogP contribution in [0.4, 0.5) is 5.69 Å². The second kappa shape index (κ2) is 10.3. The van der Waals surface area contributed by atoms with Crippen LogP contribution in [0.15, 0.2) is 64.3 Å². The van der Waals surface area contributed by atoms with Crippen LogP contribution in [0.25, 0.3) is 0 Å². The third kappa shape index (κ3) is 4.90. The second-order valence-electron chi connectivity index (χ2n) is 7.94. The number of hydrazone groups is 1. The first-order valence-corrected chi connectivity index (χ1v) is 10.9. The van der Waals surface area contributed by atoms with E-state index in [-0.39, 0.29) is 17.1 Å². The van der Waals surface area contributed by atoms with Gasteiger partial charge in [-0.1, -0.05) is 29.8 Å². The Morgan fingerprint density at radius 1 is 1.14 bits per heavy atom. The SMILES string of the molecule is COc1cc(C(=O)OCC(=O)N2N=C(c3ccc(C)cc3)C[C@@H]2c2ccco2)c([N+](=O)[O-])cc1OC. The minimum Gasteiger partial charge on any atom is -0.493 e. The van der Waals surface area contributed by atoms with E-state index in [1.807, 2.05) is 31.2 Å². The minimum absolute atomic E-state index is 0.0770. The van der Waals surface area contributed by atoms with Crippen LogP contribution in [-0.4, -0.2) is 48.3 Å². The van der Waals surface area contributed by atoms with Crippen LogP contribution >= 0.6 is 0 Å². The summed E-state index contributed by atoms with van der Waals surface area (Å²) in [5.74, 6) is -0.974. The van der Waals surface area contributed by atoms with Crippen LogP contribution in [0.3, 0.4) is 0 Å². The molecule has 0 N–H and O–H groups in total. The summed E-state index contributed by atoms with van der Waals surface area (Å²) >= 11 is 0. The number of nitro groups is 1. The summed E-state index contributed by atoms with van der Waals surface area (Å²) in [4.78, 5) is 36.6. The molecule has 11 heteroatoms. The number of ether oxygens (including phenoxy) is 3. The Hall–Kier alpha value is -4.67. The number of amides is 1. The first kappa shape index (κ1) is 24.5. The monoisotopic (exact) mass is 493 g/mol. The highest BCUT2D eigenvalue weighted by Crippen LogP contribution is 2.35. The molecule has 0 bridgehead atoms. The van der Waals surface area contributed by atoms with Gasteiger partial charge < -0.3 is 18.6 Å². The summed E-state index contributed by atoms with van der Waals surface area (Å²) in [5, 5.41) is 17.2. The summed E-state index contributed by atoms with van der Waals surface area (Å²) in [6.45, 7) is 1.28.